The molecule has 0 radical (unpaired) electrons. The maximum Gasteiger partial charge on any atom is 0.181 e. The number of hydrogen-bond acceptors (Lipinski definition) is 4. The standard InChI is InChI=1S/C24H31NO3/c1-19-6-8-21(9-7-19)17-28-18-22-10-11-23(25-16-22)24(26)5-3-2-4-20-12-14-27-15-13-20/h6-11,16,20H,2-5,12-15,17-18H2,1H3. The van der Waals surface area contributed by atoms with E-state index in [9.17, 15) is 4.79 Å². The van der Waals surface area contributed by atoms with Gasteiger partial charge in [-0.15, -0.1) is 0 Å². The Labute approximate surface area is 168 Å². The fraction of sp³-hybridized carbons (Fsp3) is 0.500. The summed E-state index contributed by atoms with van der Waals surface area (Å²) in [5.41, 5.74) is 3.96. The van der Waals surface area contributed by atoms with Crippen LogP contribution in [0.3, 0.4) is 0 Å². The van der Waals surface area contributed by atoms with E-state index in [4.69, 9.17) is 9.47 Å². The molecule has 28 heavy (non-hydrogen) atoms. The molecule has 1 aromatic heterocycles. The summed E-state index contributed by atoms with van der Waals surface area (Å²) in [5.74, 6) is 0.917. The molecule has 2 aromatic rings. The summed E-state index contributed by atoms with van der Waals surface area (Å²) in [5, 5.41) is 0. The molecule has 4 heteroatoms. The molecule has 2 heterocycles. The highest BCUT2D eigenvalue weighted by molar-refractivity contribution is 5.94. The lowest BCUT2D eigenvalue weighted by Gasteiger charge is -2.21. The van der Waals surface area contributed by atoms with Gasteiger partial charge in [0.05, 0.1) is 13.2 Å². The molecule has 1 saturated heterocycles. The molecule has 1 aromatic carbocycles. The van der Waals surface area contributed by atoms with Crippen LogP contribution in [0.15, 0.2) is 42.6 Å². The zero-order valence-electron chi connectivity index (χ0n) is 16.9. The lowest BCUT2D eigenvalue weighted by molar-refractivity contribution is 0.0630. The third-order valence-electron chi connectivity index (χ3n) is 5.38. The average molecular weight is 382 g/mol. The summed E-state index contributed by atoms with van der Waals surface area (Å²) in [6, 6.07) is 12.1. The van der Waals surface area contributed by atoms with Crippen LogP contribution in [0, 0.1) is 12.8 Å². The molecule has 150 valence electrons. The molecule has 0 aliphatic carbocycles. The third kappa shape index (κ3) is 6.84. The molecule has 1 aliphatic rings. The highest BCUT2D eigenvalue weighted by Crippen LogP contribution is 2.21. The molecular weight excluding hydrogens is 350 g/mol. The quantitative estimate of drug-likeness (QED) is 0.415. The zero-order valence-corrected chi connectivity index (χ0v) is 16.9. The number of rotatable bonds is 10. The van der Waals surface area contributed by atoms with Gasteiger partial charge in [0.25, 0.3) is 0 Å². The molecule has 0 atom stereocenters. The van der Waals surface area contributed by atoms with Crippen LogP contribution in [0.1, 0.15) is 65.7 Å². The molecule has 0 spiro atoms. The number of aromatic nitrogens is 1. The smallest absolute Gasteiger partial charge is 0.181 e. The van der Waals surface area contributed by atoms with Gasteiger partial charge in [-0.2, -0.15) is 0 Å². The van der Waals surface area contributed by atoms with Gasteiger partial charge in [0.15, 0.2) is 5.78 Å². The SMILES string of the molecule is Cc1ccc(COCc2ccc(C(=O)CCCCC3CCOCC3)nc2)cc1. The molecule has 0 saturated carbocycles. The summed E-state index contributed by atoms with van der Waals surface area (Å²) < 4.78 is 11.1. The first-order valence-electron chi connectivity index (χ1n) is 10.4. The van der Waals surface area contributed by atoms with E-state index in [2.05, 4.69) is 36.2 Å². The van der Waals surface area contributed by atoms with Crippen molar-refractivity contribution in [2.45, 2.75) is 58.7 Å². The number of pyridine rings is 1. The first-order valence-corrected chi connectivity index (χ1v) is 10.4. The summed E-state index contributed by atoms with van der Waals surface area (Å²) in [6.07, 6.45) is 7.94. The van der Waals surface area contributed by atoms with Gasteiger partial charge >= 0.3 is 0 Å². The topological polar surface area (TPSA) is 48.4 Å². The first-order chi connectivity index (χ1) is 13.7. The van der Waals surface area contributed by atoms with Crippen LogP contribution in [0.25, 0.3) is 0 Å². The van der Waals surface area contributed by atoms with E-state index in [0.717, 1.165) is 43.1 Å². The van der Waals surface area contributed by atoms with Gasteiger partial charge in [0.2, 0.25) is 0 Å². The van der Waals surface area contributed by atoms with Gasteiger partial charge in [-0.05, 0) is 49.3 Å². The van der Waals surface area contributed by atoms with Gasteiger partial charge in [0.1, 0.15) is 5.69 Å². The predicted molar refractivity (Wildman–Crippen MR) is 110 cm³/mol. The van der Waals surface area contributed by atoms with E-state index in [1.165, 1.54) is 24.8 Å². The molecule has 1 fully saturated rings. The second-order valence-corrected chi connectivity index (χ2v) is 7.75. The van der Waals surface area contributed by atoms with Crippen LogP contribution in [0.4, 0.5) is 0 Å². The van der Waals surface area contributed by atoms with E-state index < -0.39 is 0 Å². The molecule has 0 amide bonds. The number of nitrogens with zero attached hydrogens (tertiary/aromatic N) is 1. The minimum absolute atomic E-state index is 0.138. The van der Waals surface area contributed by atoms with Crippen LogP contribution in [-0.4, -0.2) is 24.0 Å². The number of benzene rings is 1. The Hall–Kier alpha value is -2.04. The number of aryl methyl sites for hydroxylation is 1. The second-order valence-electron chi connectivity index (χ2n) is 7.75. The monoisotopic (exact) mass is 381 g/mol. The maximum atomic E-state index is 12.3. The largest absolute Gasteiger partial charge is 0.381 e. The normalized spacial score (nSPS) is 14.9. The van der Waals surface area contributed by atoms with Gasteiger partial charge in [-0.1, -0.05) is 48.7 Å². The molecule has 4 nitrogen and oxygen atoms in total. The summed E-state index contributed by atoms with van der Waals surface area (Å²) in [4.78, 5) is 16.7. The van der Waals surface area contributed by atoms with E-state index >= 15 is 0 Å². The van der Waals surface area contributed by atoms with Crippen molar-refractivity contribution in [1.29, 1.82) is 0 Å². The van der Waals surface area contributed by atoms with Crippen molar-refractivity contribution in [3.63, 3.8) is 0 Å². The highest BCUT2D eigenvalue weighted by atomic mass is 16.5. The lowest BCUT2D eigenvalue weighted by Crippen LogP contribution is -2.15. The van der Waals surface area contributed by atoms with Crippen LogP contribution in [-0.2, 0) is 22.7 Å². The number of carbonyl (C=O) groups excluding carboxylic acids is 1. The Morgan fingerprint density at radius 3 is 2.46 bits per heavy atom. The van der Waals surface area contributed by atoms with Crippen molar-refractivity contribution >= 4 is 5.78 Å². The average Bonchev–Trinajstić information content (AvgIpc) is 2.74. The van der Waals surface area contributed by atoms with Gasteiger partial charge in [0, 0.05) is 25.8 Å². The van der Waals surface area contributed by atoms with Gasteiger partial charge in [-0.25, -0.2) is 0 Å². The Kier molecular flexibility index (Phi) is 8.19. The van der Waals surface area contributed by atoms with Crippen molar-refractivity contribution in [1.82, 2.24) is 4.98 Å². The van der Waals surface area contributed by atoms with Gasteiger partial charge in [-0.3, -0.25) is 9.78 Å². The van der Waals surface area contributed by atoms with E-state index in [1.54, 1.807) is 6.20 Å². The first kappa shape index (κ1) is 20.7. The van der Waals surface area contributed by atoms with E-state index in [-0.39, 0.29) is 5.78 Å². The highest BCUT2D eigenvalue weighted by Gasteiger charge is 2.14. The van der Waals surface area contributed by atoms with Crippen molar-refractivity contribution in [2.24, 2.45) is 5.92 Å². The van der Waals surface area contributed by atoms with Crippen molar-refractivity contribution in [3.05, 3.63) is 65.0 Å². The fourth-order valence-electron chi connectivity index (χ4n) is 3.53. The van der Waals surface area contributed by atoms with Gasteiger partial charge < -0.3 is 9.47 Å². The van der Waals surface area contributed by atoms with Crippen LogP contribution in [0.5, 0.6) is 0 Å². The van der Waals surface area contributed by atoms with E-state index in [0.29, 0.717) is 25.3 Å². The molecule has 0 N–H and O–H groups in total. The number of carbonyl (C=O) groups is 1. The number of ketones is 1. The summed E-state index contributed by atoms with van der Waals surface area (Å²) >= 11 is 0. The Bertz CT molecular complexity index is 719. The second kappa shape index (κ2) is 11.1. The Balaban J connectivity index is 1.34. The number of ether oxygens (including phenoxy) is 2. The molecule has 3 rings (SSSR count). The van der Waals surface area contributed by atoms with Crippen molar-refractivity contribution < 1.29 is 14.3 Å². The lowest BCUT2D eigenvalue weighted by atomic mass is 9.93. The molecular formula is C24H31NO3. The Morgan fingerprint density at radius 2 is 1.75 bits per heavy atom. The summed E-state index contributed by atoms with van der Waals surface area (Å²) in [6.45, 7) is 4.95. The number of Topliss-reactive ketones (excluding diaryl/α,β-unsaturated/α-hetero) is 1. The molecule has 0 unspecified atom stereocenters. The van der Waals surface area contributed by atoms with Crippen LogP contribution < -0.4 is 0 Å². The molecule has 0 bridgehead atoms. The van der Waals surface area contributed by atoms with Crippen LogP contribution in [0.2, 0.25) is 0 Å². The number of hydrogen-bond donors (Lipinski definition) is 0. The van der Waals surface area contributed by atoms with Crippen molar-refractivity contribution in [2.75, 3.05) is 13.2 Å². The fourth-order valence-corrected chi connectivity index (χ4v) is 3.53. The third-order valence-corrected chi connectivity index (χ3v) is 5.38. The zero-order chi connectivity index (χ0) is 19.6. The Morgan fingerprint density at radius 1 is 1.04 bits per heavy atom. The van der Waals surface area contributed by atoms with Crippen molar-refractivity contribution in [3.8, 4) is 0 Å². The number of unbranched alkanes of at least 4 members (excludes halogenated alkanes) is 1. The minimum Gasteiger partial charge on any atom is -0.381 e. The predicted octanol–water partition coefficient (Wildman–Crippen LogP) is 5.28. The van der Waals surface area contributed by atoms with E-state index in [1.807, 2.05) is 12.1 Å². The molecule has 1 aliphatic heterocycles. The maximum absolute atomic E-state index is 12.3. The van der Waals surface area contributed by atoms with Crippen LogP contribution >= 0.6 is 0 Å². The summed E-state index contributed by atoms with van der Waals surface area (Å²) in [7, 11) is 0. The minimum atomic E-state index is 0.138.